The number of rotatable bonds is 10. The van der Waals surface area contributed by atoms with Gasteiger partial charge in [-0.25, -0.2) is 4.98 Å². The molecule has 5 heteroatoms. The summed E-state index contributed by atoms with van der Waals surface area (Å²) in [4.78, 5) is 16.4. The van der Waals surface area contributed by atoms with Crippen molar-refractivity contribution in [3.05, 3.63) is 72.1 Å². The van der Waals surface area contributed by atoms with Crippen molar-refractivity contribution in [3.63, 3.8) is 0 Å². The van der Waals surface area contributed by atoms with Gasteiger partial charge in [0.15, 0.2) is 0 Å². The van der Waals surface area contributed by atoms with Gasteiger partial charge in [0, 0.05) is 19.5 Å². The Bertz CT molecular complexity index is 975. The van der Waals surface area contributed by atoms with Gasteiger partial charge in [0.1, 0.15) is 11.6 Å². The number of unbranched alkanes of at least 4 members (excludes halogenated alkanes) is 1. The highest BCUT2D eigenvalue weighted by atomic mass is 16.5. The fourth-order valence-electron chi connectivity index (χ4n) is 3.34. The molecule has 1 heterocycles. The standard InChI is InChI=1S/C24H29N3O2/c1-3-9-24(28)25-15-14-23-26-21-12-4-5-13-22(21)27(23)16-6-7-17-29-20-11-8-10-19(2)18-20/h3-5,8-13,18H,6-7,14-17H2,1-2H3,(H,25,28)/b9-3+. The molecule has 5 nitrogen and oxygen atoms in total. The summed E-state index contributed by atoms with van der Waals surface area (Å²) in [6, 6.07) is 16.3. The topological polar surface area (TPSA) is 56.2 Å². The van der Waals surface area contributed by atoms with Gasteiger partial charge in [-0.15, -0.1) is 0 Å². The van der Waals surface area contributed by atoms with E-state index in [1.54, 1.807) is 6.08 Å². The molecular weight excluding hydrogens is 362 g/mol. The van der Waals surface area contributed by atoms with E-state index in [2.05, 4.69) is 35.0 Å². The van der Waals surface area contributed by atoms with E-state index in [4.69, 9.17) is 9.72 Å². The molecule has 0 saturated heterocycles. The number of nitrogens with one attached hydrogen (secondary N) is 1. The third-order valence-electron chi connectivity index (χ3n) is 4.73. The number of ether oxygens (including phenoxy) is 1. The van der Waals surface area contributed by atoms with Gasteiger partial charge in [-0.2, -0.15) is 0 Å². The van der Waals surface area contributed by atoms with Gasteiger partial charge in [0.05, 0.1) is 17.6 Å². The number of aromatic nitrogens is 2. The molecule has 2 aromatic carbocycles. The largest absolute Gasteiger partial charge is 0.494 e. The van der Waals surface area contributed by atoms with Crippen LogP contribution in [0.4, 0.5) is 0 Å². The Hall–Kier alpha value is -3.08. The van der Waals surface area contributed by atoms with Gasteiger partial charge in [-0.1, -0.05) is 30.3 Å². The smallest absolute Gasteiger partial charge is 0.243 e. The summed E-state index contributed by atoms with van der Waals surface area (Å²) < 4.78 is 8.13. The van der Waals surface area contributed by atoms with Crippen molar-refractivity contribution in [1.82, 2.24) is 14.9 Å². The molecular formula is C24H29N3O2. The molecule has 0 unspecified atom stereocenters. The van der Waals surface area contributed by atoms with Crippen LogP contribution in [0.25, 0.3) is 11.0 Å². The van der Waals surface area contributed by atoms with Crippen LogP contribution in [0.15, 0.2) is 60.7 Å². The predicted octanol–water partition coefficient (Wildman–Crippen LogP) is 4.44. The number of amides is 1. The molecule has 0 aliphatic rings. The lowest BCUT2D eigenvalue weighted by Crippen LogP contribution is -2.24. The maximum Gasteiger partial charge on any atom is 0.243 e. The van der Waals surface area contributed by atoms with Crippen LogP contribution in [0.5, 0.6) is 5.75 Å². The van der Waals surface area contributed by atoms with E-state index < -0.39 is 0 Å². The molecule has 3 aromatic rings. The van der Waals surface area contributed by atoms with Crippen LogP contribution in [-0.2, 0) is 17.8 Å². The average molecular weight is 392 g/mol. The van der Waals surface area contributed by atoms with Crippen LogP contribution >= 0.6 is 0 Å². The number of aryl methyl sites for hydroxylation is 2. The number of carbonyl (C=O) groups is 1. The highest BCUT2D eigenvalue weighted by molar-refractivity contribution is 5.87. The molecule has 152 valence electrons. The molecule has 1 amide bonds. The molecule has 0 radical (unpaired) electrons. The van der Waals surface area contributed by atoms with Crippen molar-refractivity contribution in [2.45, 2.75) is 39.7 Å². The normalized spacial score (nSPS) is 11.2. The second kappa shape index (κ2) is 10.5. The zero-order valence-electron chi connectivity index (χ0n) is 17.2. The first-order valence-electron chi connectivity index (χ1n) is 10.2. The number of carbonyl (C=O) groups excluding carboxylic acids is 1. The van der Waals surface area contributed by atoms with Crippen molar-refractivity contribution < 1.29 is 9.53 Å². The Morgan fingerprint density at radius 1 is 1.17 bits per heavy atom. The van der Waals surface area contributed by atoms with Crippen LogP contribution in [0, 0.1) is 6.92 Å². The molecule has 0 atom stereocenters. The SMILES string of the molecule is C/C=C/C(=O)NCCc1nc2ccccc2n1CCCCOc1cccc(C)c1. The number of imidazole rings is 1. The summed E-state index contributed by atoms with van der Waals surface area (Å²) in [5.74, 6) is 1.87. The van der Waals surface area contributed by atoms with E-state index in [1.807, 2.05) is 37.3 Å². The quantitative estimate of drug-likeness (QED) is 0.411. The van der Waals surface area contributed by atoms with Crippen molar-refractivity contribution >= 4 is 16.9 Å². The predicted molar refractivity (Wildman–Crippen MR) is 117 cm³/mol. The van der Waals surface area contributed by atoms with Gasteiger partial charge in [-0.05, 0) is 62.6 Å². The number of para-hydroxylation sites is 2. The molecule has 0 aliphatic carbocycles. The van der Waals surface area contributed by atoms with Crippen molar-refractivity contribution in [1.29, 1.82) is 0 Å². The molecule has 0 saturated carbocycles. The summed E-state index contributed by atoms with van der Waals surface area (Å²) in [6.07, 6.45) is 5.96. The fourth-order valence-corrected chi connectivity index (χ4v) is 3.34. The Balaban J connectivity index is 1.56. The lowest BCUT2D eigenvalue weighted by atomic mass is 10.2. The minimum absolute atomic E-state index is 0.0662. The second-order valence-corrected chi connectivity index (χ2v) is 7.08. The van der Waals surface area contributed by atoms with Gasteiger partial charge in [0.2, 0.25) is 5.91 Å². The van der Waals surface area contributed by atoms with Gasteiger partial charge >= 0.3 is 0 Å². The number of allylic oxidation sites excluding steroid dienone is 1. The van der Waals surface area contributed by atoms with Gasteiger partial charge in [0.25, 0.3) is 0 Å². The van der Waals surface area contributed by atoms with E-state index in [0.717, 1.165) is 42.0 Å². The van der Waals surface area contributed by atoms with Crippen LogP contribution < -0.4 is 10.1 Å². The molecule has 0 spiro atoms. The number of hydrogen-bond donors (Lipinski definition) is 1. The zero-order valence-corrected chi connectivity index (χ0v) is 17.2. The summed E-state index contributed by atoms with van der Waals surface area (Å²) in [5.41, 5.74) is 3.35. The van der Waals surface area contributed by atoms with Gasteiger partial charge < -0.3 is 14.6 Å². The minimum Gasteiger partial charge on any atom is -0.494 e. The second-order valence-electron chi connectivity index (χ2n) is 7.08. The first-order chi connectivity index (χ1) is 14.2. The average Bonchev–Trinajstić information content (AvgIpc) is 3.05. The van der Waals surface area contributed by atoms with E-state index in [-0.39, 0.29) is 5.91 Å². The maximum atomic E-state index is 11.6. The summed E-state index contributed by atoms with van der Waals surface area (Å²) in [5, 5.41) is 2.90. The third-order valence-corrected chi connectivity index (χ3v) is 4.73. The number of benzene rings is 2. The fraction of sp³-hybridized carbons (Fsp3) is 0.333. The molecule has 29 heavy (non-hydrogen) atoms. The summed E-state index contributed by atoms with van der Waals surface area (Å²) in [7, 11) is 0. The van der Waals surface area contributed by atoms with Crippen LogP contribution in [0.3, 0.4) is 0 Å². The molecule has 0 aliphatic heterocycles. The molecule has 3 rings (SSSR count). The van der Waals surface area contributed by atoms with Gasteiger partial charge in [-0.3, -0.25) is 4.79 Å². The Morgan fingerprint density at radius 3 is 2.86 bits per heavy atom. The van der Waals surface area contributed by atoms with Crippen molar-refractivity contribution in [3.8, 4) is 5.75 Å². The Morgan fingerprint density at radius 2 is 2.03 bits per heavy atom. The highest BCUT2D eigenvalue weighted by Crippen LogP contribution is 2.18. The van der Waals surface area contributed by atoms with Crippen LogP contribution in [0.1, 0.15) is 31.2 Å². The highest BCUT2D eigenvalue weighted by Gasteiger charge is 2.10. The van der Waals surface area contributed by atoms with Crippen molar-refractivity contribution in [2.75, 3.05) is 13.2 Å². The van der Waals surface area contributed by atoms with Crippen molar-refractivity contribution in [2.24, 2.45) is 0 Å². The van der Waals surface area contributed by atoms with E-state index in [0.29, 0.717) is 19.6 Å². The molecule has 0 fully saturated rings. The maximum absolute atomic E-state index is 11.6. The Labute approximate surface area is 172 Å². The molecule has 1 aromatic heterocycles. The van der Waals surface area contributed by atoms with E-state index in [1.165, 1.54) is 11.6 Å². The minimum atomic E-state index is -0.0662. The summed E-state index contributed by atoms with van der Waals surface area (Å²) in [6.45, 7) is 6.06. The summed E-state index contributed by atoms with van der Waals surface area (Å²) >= 11 is 0. The molecule has 1 N–H and O–H groups in total. The number of nitrogens with zero attached hydrogens (tertiary/aromatic N) is 2. The number of fused-ring (bicyclic) bond motifs is 1. The lowest BCUT2D eigenvalue weighted by molar-refractivity contribution is -0.116. The lowest BCUT2D eigenvalue weighted by Gasteiger charge is -2.11. The van der Waals surface area contributed by atoms with E-state index in [9.17, 15) is 4.79 Å². The zero-order chi connectivity index (χ0) is 20.5. The van der Waals surface area contributed by atoms with E-state index >= 15 is 0 Å². The van der Waals surface area contributed by atoms with Crippen LogP contribution in [0.2, 0.25) is 0 Å². The first-order valence-corrected chi connectivity index (χ1v) is 10.2. The molecule has 0 bridgehead atoms. The monoisotopic (exact) mass is 391 g/mol. The number of hydrogen-bond acceptors (Lipinski definition) is 3. The Kier molecular flexibility index (Phi) is 7.45. The van der Waals surface area contributed by atoms with Crippen LogP contribution in [-0.4, -0.2) is 28.6 Å². The first kappa shape index (κ1) is 20.6. The third kappa shape index (κ3) is 5.95.